The monoisotopic (exact) mass is 543 g/mol. The van der Waals surface area contributed by atoms with Gasteiger partial charge in [-0.2, -0.15) is 4.31 Å². The Labute approximate surface area is 221 Å². The van der Waals surface area contributed by atoms with Gasteiger partial charge in [0.15, 0.2) is 0 Å². The van der Waals surface area contributed by atoms with E-state index in [1.165, 1.54) is 4.31 Å². The van der Waals surface area contributed by atoms with Gasteiger partial charge in [0.2, 0.25) is 10.0 Å². The summed E-state index contributed by atoms with van der Waals surface area (Å²) < 4.78 is 55.5. The van der Waals surface area contributed by atoms with Crippen molar-refractivity contribution in [2.75, 3.05) is 42.9 Å². The molecule has 1 aromatic heterocycles. The number of nitrogens with one attached hydrogen (secondary N) is 2. The number of carbonyl (C=O) groups excluding carboxylic acids is 1. The predicted molar refractivity (Wildman–Crippen MR) is 142 cm³/mol. The molecular formula is C27H31F2N5O3S. The fourth-order valence-electron chi connectivity index (χ4n) is 5.27. The van der Waals surface area contributed by atoms with E-state index in [1.54, 1.807) is 32.2 Å². The minimum absolute atomic E-state index is 0.0649. The van der Waals surface area contributed by atoms with Gasteiger partial charge in [0, 0.05) is 67.5 Å². The lowest BCUT2D eigenvalue weighted by Crippen LogP contribution is -2.46. The molecule has 3 aromatic rings. The molecule has 11 heteroatoms. The largest absolute Gasteiger partial charge is 0.369 e. The molecule has 3 heterocycles. The van der Waals surface area contributed by atoms with Gasteiger partial charge in [0.05, 0.1) is 16.1 Å². The van der Waals surface area contributed by atoms with Crippen LogP contribution in [0.4, 0.5) is 20.2 Å². The number of rotatable bonds is 6. The third-order valence-corrected chi connectivity index (χ3v) is 9.51. The minimum atomic E-state index is -4.23. The van der Waals surface area contributed by atoms with E-state index >= 15 is 0 Å². The van der Waals surface area contributed by atoms with Crippen molar-refractivity contribution < 1.29 is 22.0 Å². The maximum atomic E-state index is 13.8. The Morgan fingerprint density at radius 2 is 1.66 bits per heavy atom. The molecular weight excluding hydrogens is 512 g/mol. The van der Waals surface area contributed by atoms with Gasteiger partial charge in [0.1, 0.15) is 11.6 Å². The van der Waals surface area contributed by atoms with Crippen molar-refractivity contribution >= 4 is 27.3 Å². The van der Waals surface area contributed by atoms with Crippen molar-refractivity contribution in [2.45, 2.75) is 37.8 Å². The van der Waals surface area contributed by atoms with Crippen LogP contribution in [0.3, 0.4) is 0 Å². The molecule has 0 spiro atoms. The molecule has 0 atom stereocenters. The Kier molecular flexibility index (Phi) is 6.79. The molecule has 2 aromatic carbocycles. The number of anilines is 2. The van der Waals surface area contributed by atoms with Gasteiger partial charge in [-0.05, 0) is 56.8 Å². The molecule has 2 aliphatic heterocycles. The summed E-state index contributed by atoms with van der Waals surface area (Å²) in [5.74, 6) is -2.26. The molecule has 0 aliphatic carbocycles. The number of amides is 1. The van der Waals surface area contributed by atoms with Gasteiger partial charge in [-0.15, -0.1) is 0 Å². The standard InChI is InChI=1S/C27H31F2N5O3S/c1-4-32-9-11-33(12-10-32)21-7-5-18(6-8-21)26(35)31-24-16-30-25-23(24)17-34(27(25,2)3)38(36,37)22-14-19(28)13-20(29)15-22/h5-8,13-16,30H,4,9-12,17H2,1-3H3,(H,31,35). The summed E-state index contributed by atoms with van der Waals surface area (Å²) in [5.41, 5.74) is 2.18. The lowest BCUT2D eigenvalue weighted by Gasteiger charge is -2.35. The molecule has 2 N–H and O–H groups in total. The zero-order chi connectivity index (χ0) is 27.2. The average Bonchev–Trinajstić information content (AvgIpc) is 3.41. The highest BCUT2D eigenvalue weighted by molar-refractivity contribution is 7.89. The maximum Gasteiger partial charge on any atom is 0.255 e. The number of benzene rings is 2. The van der Waals surface area contributed by atoms with Gasteiger partial charge in [-0.1, -0.05) is 6.92 Å². The van der Waals surface area contributed by atoms with Crippen LogP contribution in [0.15, 0.2) is 53.6 Å². The molecule has 2 aliphatic rings. The summed E-state index contributed by atoms with van der Waals surface area (Å²) in [6.45, 7) is 10.4. The number of nitrogens with zero attached hydrogens (tertiary/aromatic N) is 3. The van der Waals surface area contributed by atoms with Crippen LogP contribution in [-0.2, 0) is 22.1 Å². The molecule has 38 heavy (non-hydrogen) atoms. The van der Waals surface area contributed by atoms with Crippen LogP contribution in [0.25, 0.3) is 0 Å². The number of carbonyl (C=O) groups is 1. The van der Waals surface area contributed by atoms with E-state index in [2.05, 4.69) is 27.0 Å². The first kappa shape index (κ1) is 26.3. The number of fused-ring (bicyclic) bond motifs is 1. The molecule has 0 bridgehead atoms. The van der Waals surface area contributed by atoms with Gasteiger partial charge in [-0.3, -0.25) is 4.79 Å². The zero-order valence-electron chi connectivity index (χ0n) is 21.6. The van der Waals surface area contributed by atoms with Crippen molar-refractivity contribution in [3.8, 4) is 0 Å². The summed E-state index contributed by atoms with van der Waals surface area (Å²) in [7, 11) is -4.23. The quantitative estimate of drug-likeness (QED) is 0.488. The number of sulfonamides is 1. The number of H-pyrrole nitrogens is 1. The van der Waals surface area contributed by atoms with Gasteiger partial charge in [0.25, 0.3) is 5.91 Å². The first-order chi connectivity index (χ1) is 18.0. The normalized spacial score (nSPS) is 18.0. The summed E-state index contributed by atoms with van der Waals surface area (Å²) in [6.07, 6.45) is 1.64. The average molecular weight is 544 g/mol. The highest BCUT2D eigenvalue weighted by Gasteiger charge is 2.47. The van der Waals surface area contributed by atoms with Crippen molar-refractivity contribution in [3.63, 3.8) is 0 Å². The van der Waals surface area contributed by atoms with Crippen LogP contribution >= 0.6 is 0 Å². The molecule has 1 fully saturated rings. The number of piperazine rings is 1. The third kappa shape index (κ3) is 4.70. The second kappa shape index (κ2) is 9.79. The Hall–Kier alpha value is -3.28. The number of aromatic amines is 1. The van der Waals surface area contributed by atoms with Crippen LogP contribution in [0.2, 0.25) is 0 Å². The predicted octanol–water partition coefficient (Wildman–Crippen LogP) is 4.13. The molecule has 202 valence electrons. The van der Waals surface area contributed by atoms with E-state index in [0.717, 1.165) is 50.5 Å². The number of hydrogen-bond donors (Lipinski definition) is 2. The molecule has 1 amide bonds. The number of aromatic nitrogens is 1. The summed E-state index contributed by atoms with van der Waals surface area (Å²) in [6, 6.07) is 9.67. The van der Waals surface area contributed by atoms with Crippen LogP contribution in [0, 0.1) is 11.6 Å². The maximum absolute atomic E-state index is 13.8. The third-order valence-electron chi connectivity index (χ3n) is 7.51. The summed E-state index contributed by atoms with van der Waals surface area (Å²) in [4.78, 5) is 20.4. The van der Waals surface area contributed by atoms with Crippen LogP contribution in [0.1, 0.15) is 42.4 Å². The first-order valence-electron chi connectivity index (χ1n) is 12.6. The Balaban J connectivity index is 1.32. The molecule has 1 saturated heterocycles. The fraction of sp³-hybridized carbons (Fsp3) is 0.370. The molecule has 0 saturated carbocycles. The van der Waals surface area contributed by atoms with E-state index in [-0.39, 0.29) is 12.5 Å². The Morgan fingerprint density at radius 1 is 1.03 bits per heavy atom. The van der Waals surface area contributed by atoms with Gasteiger partial charge >= 0.3 is 0 Å². The molecule has 0 radical (unpaired) electrons. The molecule has 8 nitrogen and oxygen atoms in total. The highest BCUT2D eigenvalue weighted by atomic mass is 32.2. The van der Waals surface area contributed by atoms with Crippen molar-refractivity contribution in [1.82, 2.24) is 14.2 Å². The van der Waals surface area contributed by atoms with E-state index in [1.807, 2.05) is 12.1 Å². The smallest absolute Gasteiger partial charge is 0.255 e. The van der Waals surface area contributed by atoms with Gasteiger partial charge < -0.3 is 20.1 Å². The van der Waals surface area contributed by atoms with E-state index < -0.39 is 32.1 Å². The lowest BCUT2D eigenvalue weighted by atomic mass is 10.0. The number of halogens is 2. The van der Waals surface area contributed by atoms with E-state index in [9.17, 15) is 22.0 Å². The first-order valence-corrected chi connectivity index (χ1v) is 14.0. The van der Waals surface area contributed by atoms with Crippen LogP contribution in [-0.4, -0.2) is 61.2 Å². The Morgan fingerprint density at radius 3 is 2.26 bits per heavy atom. The Bertz CT molecular complexity index is 1440. The van der Waals surface area contributed by atoms with Gasteiger partial charge in [-0.25, -0.2) is 17.2 Å². The lowest BCUT2D eigenvalue weighted by molar-refractivity contribution is 0.102. The molecule has 5 rings (SSSR count). The fourth-order valence-corrected chi connectivity index (χ4v) is 7.04. The zero-order valence-corrected chi connectivity index (χ0v) is 22.4. The highest BCUT2D eigenvalue weighted by Crippen LogP contribution is 2.44. The summed E-state index contributed by atoms with van der Waals surface area (Å²) in [5, 5.41) is 2.89. The topological polar surface area (TPSA) is 88.8 Å². The second-order valence-corrected chi connectivity index (χ2v) is 12.0. The second-order valence-electron chi connectivity index (χ2n) is 10.2. The summed E-state index contributed by atoms with van der Waals surface area (Å²) >= 11 is 0. The van der Waals surface area contributed by atoms with Crippen molar-refractivity contribution in [3.05, 3.63) is 77.1 Å². The van der Waals surface area contributed by atoms with Crippen LogP contribution in [0.5, 0.6) is 0 Å². The van der Waals surface area contributed by atoms with Crippen molar-refractivity contribution in [2.24, 2.45) is 0 Å². The molecule has 0 unspecified atom stereocenters. The van der Waals surface area contributed by atoms with E-state index in [0.29, 0.717) is 28.6 Å². The minimum Gasteiger partial charge on any atom is -0.369 e. The SMILES string of the molecule is CCN1CCN(c2ccc(C(=O)Nc3c[nH]c4c3CN(S(=O)(=O)c3cc(F)cc(F)c3)C4(C)C)cc2)CC1. The number of likely N-dealkylation sites (N-methyl/N-ethyl adjacent to an activating group) is 1. The number of hydrogen-bond acceptors (Lipinski definition) is 5. The van der Waals surface area contributed by atoms with Crippen LogP contribution < -0.4 is 10.2 Å². The van der Waals surface area contributed by atoms with Crippen molar-refractivity contribution in [1.29, 1.82) is 0 Å². The van der Waals surface area contributed by atoms with E-state index in [4.69, 9.17) is 0 Å².